The molecule has 54 valence electrons. The molecule has 0 fully saturated rings. The lowest BCUT2D eigenvalue weighted by molar-refractivity contribution is 0.215. The van der Waals surface area contributed by atoms with E-state index in [1.165, 1.54) is 7.11 Å². The van der Waals surface area contributed by atoms with Crippen molar-refractivity contribution in [1.82, 2.24) is 9.97 Å². The number of aromatic amines is 1. The van der Waals surface area contributed by atoms with Gasteiger partial charge in [0.05, 0.1) is 12.5 Å². The maximum atomic E-state index is 4.49. The molecule has 10 heavy (non-hydrogen) atoms. The second kappa shape index (κ2) is 3.00. The maximum Gasteiger partial charge on any atom is 0.106 e. The number of hydrogen-bond acceptors (Lipinski definition) is 3. The Morgan fingerprint density at radius 3 is 3.10 bits per heavy atom. The predicted molar refractivity (Wildman–Crippen MR) is 37.9 cm³/mol. The summed E-state index contributed by atoms with van der Waals surface area (Å²) in [5, 5.41) is 3.57. The van der Waals surface area contributed by atoms with Gasteiger partial charge in [-0.05, 0) is 6.92 Å². The first-order valence-electron chi connectivity index (χ1n) is 2.91. The van der Waals surface area contributed by atoms with E-state index in [1.54, 1.807) is 12.5 Å². The average Bonchev–Trinajstić information content (AvgIpc) is 2.31. The molecule has 0 saturated carbocycles. The Morgan fingerprint density at radius 1 is 1.80 bits per heavy atom. The minimum absolute atomic E-state index is 0.807. The van der Waals surface area contributed by atoms with Crippen molar-refractivity contribution in [2.75, 3.05) is 7.11 Å². The number of H-pyrrole nitrogens is 1. The third-order valence-electron chi connectivity index (χ3n) is 1.15. The highest BCUT2D eigenvalue weighted by Gasteiger charge is 1.94. The van der Waals surface area contributed by atoms with Crippen molar-refractivity contribution in [3.05, 3.63) is 17.7 Å². The lowest BCUT2D eigenvalue weighted by Gasteiger charge is -1.85. The van der Waals surface area contributed by atoms with Crippen LogP contribution >= 0.6 is 0 Å². The molecule has 4 nitrogen and oxygen atoms in total. The highest BCUT2D eigenvalue weighted by molar-refractivity contribution is 5.77. The van der Waals surface area contributed by atoms with Gasteiger partial charge < -0.3 is 9.82 Å². The third kappa shape index (κ3) is 1.34. The standard InChI is InChI=1S/C6H9N3O/c1-5-6(3-9-10-2)8-4-7-5/h3-4H,1-2H3,(H,7,8). The van der Waals surface area contributed by atoms with Gasteiger partial charge >= 0.3 is 0 Å². The first kappa shape index (κ1) is 6.80. The van der Waals surface area contributed by atoms with E-state index in [2.05, 4.69) is 20.0 Å². The van der Waals surface area contributed by atoms with Crippen LogP contribution in [-0.4, -0.2) is 23.3 Å². The Labute approximate surface area is 58.9 Å². The first-order chi connectivity index (χ1) is 4.84. The monoisotopic (exact) mass is 139 g/mol. The SMILES string of the molecule is CON=Cc1nc[nH]c1C. The summed E-state index contributed by atoms with van der Waals surface area (Å²) in [6.07, 6.45) is 3.18. The summed E-state index contributed by atoms with van der Waals surface area (Å²) < 4.78 is 0. The van der Waals surface area contributed by atoms with E-state index in [0.29, 0.717) is 0 Å². The fraction of sp³-hybridized carbons (Fsp3) is 0.333. The van der Waals surface area contributed by atoms with Crippen molar-refractivity contribution in [2.24, 2.45) is 5.16 Å². The van der Waals surface area contributed by atoms with Crippen molar-refractivity contribution in [2.45, 2.75) is 6.92 Å². The van der Waals surface area contributed by atoms with Crippen LogP contribution in [0.25, 0.3) is 0 Å². The molecule has 0 saturated heterocycles. The van der Waals surface area contributed by atoms with Crippen LogP contribution in [0.1, 0.15) is 11.4 Å². The van der Waals surface area contributed by atoms with Crippen LogP contribution in [0.2, 0.25) is 0 Å². The zero-order valence-electron chi connectivity index (χ0n) is 5.96. The predicted octanol–water partition coefficient (Wildman–Crippen LogP) is 0.698. The molecule has 0 spiro atoms. The molecule has 4 heteroatoms. The second-order valence-corrected chi connectivity index (χ2v) is 1.83. The van der Waals surface area contributed by atoms with E-state index >= 15 is 0 Å². The number of nitrogens with zero attached hydrogens (tertiary/aromatic N) is 2. The van der Waals surface area contributed by atoms with Gasteiger partial charge in [0.1, 0.15) is 12.8 Å². The molecule has 0 unspecified atom stereocenters. The van der Waals surface area contributed by atoms with E-state index in [4.69, 9.17) is 0 Å². The van der Waals surface area contributed by atoms with Gasteiger partial charge in [0, 0.05) is 5.69 Å². The summed E-state index contributed by atoms with van der Waals surface area (Å²) in [6.45, 7) is 1.92. The van der Waals surface area contributed by atoms with Crippen molar-refractivity contribution in [3.8, 4) is 0 Å². The molecule has 1 heterocycles. The van der Waals surface area contributed by atoms with Crippen LogP contribution < -0.4 is 0 Å². The van der Waals surface area contributed by atoms with Crippen molar-refractivity contribution in [1.29, 1.82) is 0 Å². The van der Waals surface area contributed by atoms with Crippen LogP contribution in [0.4, 0.5) is 0 Å². The molecular weight excluding hydrogens is 130 g/mol. The smallest absolute Gasteiger partial charge is 0.106 e. The molecule has 0 atom stereocenters. The Balaban J connectivity index is 2.74. The van der Waals surface area contributed by atoms with Gasteiger partial charge in [-0.1, -0.05) is 5.16 Å². The highest BCUT2D eigenvalue weighted by Crippen LogP contribution is 1.95. The summed E-state index contributed by atoms with van der Waals surface area (Å²) >= 11 is 0. The van der Waals surface area contributed by atoms with Gasteiger partial charge in [-0.15, -0.1) is 0 Å². The summed E-state index contributed by atoms with van der Waals surface area (Å²) in [4.78, 5) is 11.4. The summed E-state index contributed by atoms with van der Waals surface area (Å²) in [5.41, 5.74) is 1.79. The molecule has 0 amide bonds. The first-order valence-corrected chi connectivity index (χ1v) is 2.91. The quantitative estimate of drug-likeness (QED) is 0.484. The third-order valence-corrected chi connectivity index (χ3v) is 1.15. The fourth-order valence-electron chi connectivity index (χ4n) is 0.602. The van der Waals surface area contributed by atoms with Gasteiger partial charge in [0.25, 0.3) is 0 Å². The molecule has 0 aliphatic rings. The molecule has 1 aromatic heterocycles. The molecule has 1 rings (SSSR count). The number of rotatable bonds is 2. The number of aromatic nitrogens is 2. The number of nitrogens with one attached hydrogen (secondary N) is 1. The summed E-state index contributed by atoms with van der Waals surface area (Å²) in [7, 11) is 1.50. The maximum absolute atomic E-state index is 4.49. The van der Waals surface area contributed by atoms with E-state index in [1.807, 2.05) is 6.92 Å². The van der Waals surface area contributed by atoms with Crippen LogP contribution in [0.3, 0.4) is 0 Å². The zero-order valence-corrected chi connectivity index (χ0v) is 5.96. The Bertz CT molecular complexity index is 229. The van der Waals surface area contributed by atoms with Crippen molar-refractivity contribution < 1.29 is 4.84 Å². The molecule has 0 aliphatic carbocycles. The minimum atomic E-state index is 0.807. The molecular formula is C6H9N3O. The van der Waals surface area contributed by atoms with Gasteiger partial charge in [0.2, 0.25) is 0 Å². The Morgan fingerprint density at radius 2 is 2.60 bits per heavy atom. The van der Waals surface area contributed by atoms with Crippen molar-refractivity contribution >= 4 is 6.21 Å². The van der Waals surface area contributed by atoms with Crippen LogP contribution in [0.5, 0.6) is 0 Å². The van der Waals surface area contributed by atoms with Gasteiger partial charge in [-0.2, -0.15) is 0 Å². The second-order valence-electron chi connectivity index (χ2n) is 1.83. The summed E-state index contributed by atoms with van der Waals surface area (Å²) in [6, 6.07) is 0. The lowest BCUT2D eigenvalue weighted by Crippen LogP contribution is -1.84. The van der Waals surface area contributed by atoms with E-state index < -0.39 is 0 Å². The van der Waals surface area contributed by atoms with Gasteiger partial charge in [0.15, 0.2) is 0 Å². The Hall–Kier alpha value is -1.32. The number of hydrogen-bond donors (Lipinski definition) is 1. The van der Waals surface area contributed by atoms with E-state index in [0.717, 1.165) is 11.4 Å². The summed E-state index contributed by atoms with van der Waals surface area (Å²) in [5.74, 6) is 0. The van der Waals surface area contributed by atoms with E-state index in [-0.39, 0.29) is 0 Å². The van der Waals surface area contributed by atoms with Crippen LogP contribution in [-0.2, 0) is 4.84 Å². The topological polar surface area (TPSA) is 50.3 Å². The van der Waals surface area contributed by atoms with Gasteiger partial charge in [-0.3, -0.25) is 0 Å². The normalized spacial score (nSPS) is 10.6. The molecule has 0 radical (unpaired) electrons. The largest absolute Gasteiger partial charge is 0.399 e. The van der Waals surface area contributed by atoms with Gasteiger partial charge in [-0.25, -0.2) is 4.98 Å². The van der Waals surface area contributed by atoms with Crippen LogP contribution in [0.15, 0.2) is 11.5 Å². The molecule has 1 aromatic rings. The minimum Gasteiger partial charge on any atom is -0.399 e. The average molecular weight is 139 g/mol. The van der Waals surface area contributed by atoms with Crippen molar-refractivity contribution in [3.63, 3.8) is 0 Å². The fourth-order valence-corrected chi connectivity index (χ4v) is 0.602. The highest BCUT2D eigenvalue weighted by atomic mass is 16.6. The molecule has 0 aromatic carbocycles. The zero-order chi connectivity index (χ0) is 7.40. The lowest BCUT2D eigenvalue weighted by atomic mass is 10.4. The molecule has 0 bridgehead atoms. The number of imidazole rings is 1. The number of oxime groups is 1. The van der Waals surface area contributed by atoms with Crippen LogP contribution in [0, 0.1) is 6.92 Å². The van der Waals surface area contributed by atoms with E-state index in [9.17, 15) is 0 Å². The molecule has 0 aliphatic heterocycles. The molecule has 1 N–H and O–H groups in total. The Kier molecular flexibility index (Phi) is 2.04. The number of aryl methyl sites for hydroxylation is 1.